The lowest BCUT2D eigenvalue weighted by atomic mass is 9.92. The second-order valence-electron chi connectivity index (χ2n) is 7.08. The predicted molar refractivity (Wildman–Crippen MR) is 91.6 cm³/mol. The summed E-state index contributed by atoms with van der Waals surface area (Å²) in [6, 6.07) is -2.63. The average Bonchev–Trinajstić information content (AvgIpc) is 2.57. The number of aromatic nitrogens is 2. The van der Waals surface area contributed by atoms with Gasteiger partial charge in [0.05, 0.1) is 0 Å². The average molecular weight is 365 g/mol. The fourth-order valence-electron chi connectivity index (χ4n) is 3.75. The number of aromatic hydroxyl groups is 1. The van der Waals surface area contributed by atoms with Gasteiger partial charge >= 0.3 is 11.7 Å². The van der Waals surface area contributed by atoms with E-state index in [-0.39, 0.29) is 12.1 Å². The van der Waals surface area contributed by atoms with Gasteiger partial charge in [-0.25, -0.2) is 4.79 Å². The molecule has 4 N–H and O–H groups in total. The predicted octanol–water partition coefficient (Wildman–Crippen LogP) is 0.540. The molecule has 0 aromatic carbocycles. The van der Waals surface area contributed by atoms with E-state index in [2.05, 4.69) is 0 Å². The van der Waals surface area contributed by atoms with Gasteiger partial charge in [0.1, 0.15) is 5.56 Å². The molecular formula is C17H23N3O6. The number of rotatable bonds is 5. The molecule has 2 aliphatic rings. The molecular weight excluding hydrogens is 342 g/mol. The number of ketones is 1. The number of Topliss-reactive ketones (excluding diaryl/α,β-unsaturated/α-hetero) is 1. The highest BCUT2D eigenvalue weighted by Crippen LogP contribution is 2.33. The second kappa shape index (κ2) is 7.06. The van der Waals surface area contributed by atoms with E-state index < -0.39 is 40.5 Å². The van der Waals surface area contributed by atoms with Crippen LogP contribution < -0.4 is 17.0 Å². The van der Waals surface area contributed by atoms with Crippen LogP contribution >= 0.6 is 0 Å². The van der Waals surface area contributed by atoms with Crippen molar-refractivity contribution in [1.82, 2.24) is 9.13 Å². The van der Waals surface area contributed by atoms with Gasteiger partial charge in [0.2, 0.25) is 11.7 Å². The standard InChI is InChI=1S/C17H23N3O6/c18-12(16(24)25)13(21)11-14(22)19(9-5-2-1-3-6-9)17(26)20(15(11)23)10-7-4-8-10/h9-10,12,22H,1-8,18H2,(H,24,25). The maximum absolute atomic E-state index is 12.9. The van der Waals surface area contributed by atoms with Gasteiger partial charge in [-0.05, 0) is 32.1 Å². The van der Waals surface area contributed by atoms with Gasteiger partial charge in [-0.2, -0.15) is 0 Å². The fourth-order valence-corrected chi connectivity index (χ4v) is 3.75. The number of carbonyl (C=O) groups excluding carboxylic acids is 1. The van der Waals surface area contributed by atoms with Crippen molar-refractivity contribution in [3.8, 4) is 5.88 Å². The van der Waals surface area contributed by atoms with E-state index in [0.717, 1.165) is 34.8 Å². The maximum Gasteiger partial charge on any atom is 0.334 e. The molecule has 0 aliphatic heterocycles. The Morgan fingerprint density at radius 3 is 2.00 bits per heavy atom. The lowest BCUT2D eigenvalue weighted by molar-refractivity contribution is -0.137. The van der Waals surface area contributed by atoms with Gasteiger partial charge in [0.25, 0.3) is 5.56 Å². The highest BCUT2D eigenvalue weighted by Gasteiger charge is 2.35. The molecule has 26 heavy (non-hydrogen) atoms. The molecule has 2 saturated carbocycles. The monoisotopic (exact) mass is 365 g/mol. The Labute approximate surface area is 149 Å². The van der Waals surface area contributed by atoms with E-state index in [0.29, 0.717) is 25.7 Å². The van der Waals surface area contributed by atoms with E-state index in [9.17, 15) is 24.3 Å². The number of hydrogen-bond acceptors (Lipinski definition) is 6. The zero-order chi connectivity index (χ0) is 19.0. The smallest absolute Gasteiger partial charge is 0.334 e. The van der Waals surface area contributed by atoms with Crippen LogP contribution in [0.3, 0.4) is 0 Å². The summed E-state index contributed by atoms with van der Waals surface area (Å²) in [7, 11) is 0. The molecule has 2 fully saturated rings. The summed E-state index contributed by atoms with van der Waals surface area (Å²) >= 11 is 0. The van der Waals surface area contributed by atoms with Crippen LogP contribution in [0, 0.1) is 0 Å². The molecule has 9 nitrogen and oxygen atoms in total. The SMILES string of the molecule is NC(C(=O)O)C(=O)c1c(O)n(C2CCCCC2)c(=O)n(C2CCC2)c1=O. The summed E-state index contributed by atoms with van der Waals surface area (Å²) in [5.41, 5.74) is 3.09. The summed E-state index contributed by atoms with van der Waals surface area (Å²) in [4.78, 5) is 49.2. The minimum Gasteiger partial charge on any atom is -0.494 e. The Kier molecular flexibility index (Phi) is 4.99. The van der Waals surface area contributed by atoms with Crippen molar-refractivity contribution in [3.63, 3.8) is 0 Å². The highest BCUT2D eigenvalue weighted by atomic mass is 16.4. The molecule has 0 amide bonds. The first-order valence-corrected chi connectivity index (χ1v) is 8.97. The minimum atomic E-state index is -1.97. The van der Waals surface area contributed by atoms with Crippen molar-refractivity contribution in [2.75, 3.05) is 0 Å². The van der Waals surface area contributed by atoms with Crippen molar-refractivity contribution in [1.29, 1.82) is 0 Å². The quantitative estimate of drug-likeness (QED) is 0.510. The van der Waals surface area contributed by atoms with Crippen LogP contribution in [0.2, 0.25) is 0 Å². The Hall–Kier alpha value is -2.42. The maximum atomic E-state index is 12.9. The van der Waals surface area contributed by atoms with Crippen LogP contribution in [0.25, 0.3) is 0 Å². The van der Waals surface area contributed by atoms with Crippen LogP contribution in [0.5, 0.6) is 5.88 Å². The molecule has 9 heteroatoms. The van der Waals surface area contributed by atoms with Crippen LogP contribution in [0.15, 0.2) is 9.59 Å². The van der Waals surface area contributed by atoms with Crippen LogP contribution in [-0.2, 0) is 4.79 Å². The van der Waals surface area contributed by atoms with E-state index in [1.807, 2.05) is 0 Å². The lowest BCUT2D eigenvalue weighted by Crippen LogP contribution is -2.49. The molecule has 1 atom stereocenters. The first-order valence-electron chi connectivity index (χ1n) is 8.97. The van der Waals surface area contributed by atoms with Crippen LogP contribution in [0.4, 0.5) is 0 Å². The first kappa shape index (κ1) is 18.4. The van der Waals surface area contributed by atoms with Crippen molar-refractivity contribution in [2.45, 2.75) is 69.5 Å². The third kappa shape index (κ3) is 2.96. The van der Waals surface area contributed by atoms with Crippen molar-refractivity contribution in [3.05, 3.63) is 26.4 Å². The van der Waals surface area contributed by atoms with Gasteiger partial charge < -0.3 is 15.9 Å². The Morgan fingerprint density at radius 2 is 1.50 bits per heavy atom. The number of carboxylic acids is 1. The molecule has 0 radical (unpaired) electrons. The second-order valence-corrected chi connectivity index (χ2v) is 7.08. The molecule has 0 saturated heterocycles. The summed E-state index contributed by atoms with van der Waals surface area (Å²) in [5.74, 6) is -3.54. The highest BCUT2D eigenvalue weighted by molar-refractivity contribution is 6.12. The number of hydrogen-bond donors (Lipinski definition) is 3. The van der Waals surface area contributed by atoms with E-state index >= 15 is 0 Å². The third-order valence-electron chi connectivity index (χ3n) is 5.47. The Balaban J connectivity index is 2.22. The molecule has 1 heterocycles. The zero-order valence-corrected chi connectivity index (χ0v) is 14.4. The first-order chi connectivity index (χ1) is 12.3. The number of nitrogens with zero attached hydrogens (tertiary/aromatic N) is 2. The Bertz CT molecular complexity index is 845. The summed E-state index contributed by atoms with van der Waals surface area (Å²) in [5, 5.41) is 19.6. The molecule has 142 valence electrons. The van der Waals surface area contributed by atoms with Crippen molar-refractivity contribution < 1.29 is 19.8 Å². The molecule has 0 bridgehead atoms. The number of aliphatic carboxylic acids is 1. The number of carbonyl (C=O) groups is 2. The fraction of sp³-hybridized carbons (Fsp3) is 0.647. The van der Waals surface area contributed by atoms with Crippen LogP contribution in [0.1, 0.15) is 73.8 Å². The summed E-state index contributed by atoms with van der Waals surface area (Å²) in [6.45, 7) is 0. The summed E-state index contributed by atoms with van der Waals surface area (Å²) < 4.78 is 2.10. The largest absolute Gasteiger partial charge is 0.494 e. The van der Waals surface area contributed by atoms with Gasteiger partial charge in [0.15, 0.2) is 6.04 Å². The third-order valence-corrected chi connectivity index (χ3v) is 5.47. The van der Waals surface area contributed by atoms with Gasteiger partial charge in [-0.15, -0.1) is 0 Å². The van der Waals surface area contributed by atoms with E-state index in [4.69, 9.17) is 10.8 Å². The molecule has 0 spiro atoms. The summed E-state index contributed by atoms with van der Waals surface area (Å²) in [6.07, 6.45) is 6.17. The van der Waals surface area contributed by atoms with Gasteiger partial charge in [0, 0.05) is 12.1 Å². The zero-order valence-electron chi connectivity index (χ0n) is 14.4. The molecule has 1 aromatic rings. The van der Waals surface area contributed by atoms with Crippen LogP contribution in [-0.4, -0.2) is 37.1 Å². The normalized spacial score (nSPS) is 19.7. The number of carboxylic acid groups (broad SMARTS) is 1. The van der Waals surface area contributed by atoms with Gasteiger partial charge in [-0.1, -0.05) is 19.3 Å². The Morgan fingerprint density at radius 1 is 0.962 bits per heavy atom. The van der Waals surface area contributed by atoms with E-state index in [1.165, 1.54) is 0 Å². The minimum absolute atomic E-state index is 0.323. The molecule has 2 aliphatic carbocycles. The molecule has 1 aromatic heterocycles. The number of nitrogens with two attached hydrogens (primary N) is 1. The molecule has 3 rings (SSSR count). The topological polar surface area (TPSA) is 145 Å². The lowest BCUT2D eigenvalue weighted by Gasteiger charge is -2.31. The van der Waals surface area contributed by atoms with Crippen molar-refractivity contribution >= 4 is 11.8 Å². The van der Waals surface area contributed by atoms with Crippen molar-refractivity contribution in [2.24, 2.45) is 5.73 Å². The molecule has 1 unspecified atom stereocenters. The van der Waals surface area contributed by atoms with Gasteiger partial charge in [-0.3, -0.25) is 23.5 Å². The van der Waals surface area contributed by atoms with E-state index in [1.54, 1.807) is 0 Å².